The first-order chi connectivity index (χ1) is 11.6. The lowest BCUT2D eigenvalue weighted by Crippen LogP contribution is -2.55. The van der Waals surface area contributed by atoms with Gasteiger partial charge in [-0.3, -0.25) is 14.5 Å². The number of thiophene rings is 1. The van der Waals surface area contributed by atoms with Crippen molar-refractivity contribution in [2.24, 2.45) is 0 Å². The molecule has 4 rings (SSSR count). The van der Waals surface area contributed by atoms with Crippen LogP contribution in [0.3, 0.4) is 0 Å². The van der Waals surface area contributed by atoms with Gasteiger partial charge in [-0.25, -0.2) is 0 Å². The van der Waals surface area contributed by atoms with Crippen LogP contribution in [-0.4, -0.2) is 59.9 Å². The standard InChI is InChI=1S/C18H25N3O2S/c1-12(17(22)19-14-4-5-14)20-7-9-21(10-8-20)18(23)16-15(6-11-24-16)13-2-3-13/h6,11-14H,2-5,7-10H2,1H3,(H,19,22)/t12-/m0/s1. The van der Waals surface area contributed by atoms with Crippen LogP contribution < -0.4 is 5.32 Å². The summed E-state index contributed by atoms with van der Waals surface area (Å²) in [5.74, 6) is 0.927. The Hall–Kier alpha value is -1.40. The fourth-order valence-electron chi connectivity index (χ4n) is 3.38. The van der Waals surface area contributed by atoms with Crippen molar-refractivity contribution in [1.29, 1.82) is 0 Å². The maximum atomic E-state index is 12.8. The summed E-state index contributed by atoms with van der Waals surface area (Å²) in [5.41, 5.74) is 1.25. The number of hydrogen-bond acceptors (Lipinski definition) is 4. The molecular weight excluding hydrogens is 322 g/mol. The fraction of sp³-hybridized carbons (Fsp3) is 0.667. The molecule has 5 nitrogen and oxygen atoms in total. The molecule has 1 saturated heterocycles. The van der Waals surface area contributed by atoms with E-state index in [0.717, 1.165) is 30.8 Å². The summed E-state index contributed by atoms with van der Waals surface area (Å²) in [6, 6.07) is 2.42. The summed E-state index contributed by atoms with van der Waals surface area (Å²) in [6.45, 7) is 4.94. The van der Waals surface area contributed by atoms with Gasteiger partial charge in [0.05, 0.1) is 10.9 Å². The minimum Gasteiger partial charge on any atom is -0.352 e. The molecule has 1 aromatic heterocycles. The Bertz CT molecular complexity index is 628. The first-order valence-electron chi connectivity index (χ1n) is 9.04. The van der Waals surface area contributed by atoms with Crippen molar-refractivity contribution in [2.45, 2.75) is 50.6 Å². The van der Waals surface area contributed by atoms with Gasteiger partial charge in [0.15, 0.2) is 0 Å². The van der Waals surface area contributed by atoms with Crippen molar-refractivity contribution < 1.29 is 9.59 Å². The zero-order valence-electron chi connectivity index (χ0n) is 14.2. The Morgan fingerprint density at radius 2 is 1.88 bits per heavy atom. The molecule has 2 amide bonds. The number of amides is 2. The summed E-state index contributed by atoms with van der Waals surface area (Å²) >= 11 is 1.58. The Labute approximate surface area is 147 Å². The van der Waals surface area contributed by atoms with E-state index in [0.29, 0.717) is 25.0 Å². The second-order valence-electron chi connectivity index (χ2n) is 7.27. The lowest BCUT2D eigenvalue weighted by molar-refractivity contribution is -0.126. The molecule has 2 saturated carbocycles. The monoisotopic (exact) mass is 347 g/mol. The zero-order valence-corrected chi connectivity index (χ0v) is 15.0. The normalized spacial score (nSPS) is 23.1. The van der Waals surface area contributed by atoms with Crippen LogP contribution in [0.25, 0.3) is 0 Å². The van der Waals surface area contributed by atoms with E-state index in [2.05, 4.69) is 16.3 Å². The maximum Gasteiger partial charge on any atom is 0.264 e. The van der Waals surface area contributed by atoms with Crippen LogP contribution in [0.1, 0.15) is 53.8 Å². The number of nitrogens with one attached hydrogen (secondary N) is 1. The first kappa shape index (κ1) is 16.1. The average Bonchev–Trinajstić information content (AvgIpc) is 3.54. The van der Waals surface area contributed by atoms with E-state index >= 15 is 0 Å². The van der Waals surface area contributed by atoms with E-state index in [4.69, 9.17) is 0 Å². The van der Waals surface area contributed by atoms with Gasteiger partial charge in [0.25, 0.3) is 5.91 Å². The van der Waals surface area contributed by atoms with Crippen molar-refractivity contribution in [3.05, 3.63) is 21.9 Å². The lowest BCUT2D eigenvalue weighted by Gasteiger charge is -2.37. The van der Waals surface area contributed by atoms with Crippen LogP contribution in [0.2, 0.25) is 0 Å². The van der Waals surface area contributed by atoms with E-state index in [1.807, 2.05) is 17.2 Å². The summed E-state index contributed by atoms with van der Waals surface area (Å²) in [5, 5.41) is 5.12. The molecule has 0 unspecified atom stereocenters. The van der Waals surface area contributed by atoms with Gasteiger partial charge in [-0.05, 0) is 55.5 Å². The van der Waals surface area contributed by atoms with Crippen molar-refractivity contribution in [1.82, 2.24) is 15.1 Å². The summed E-state index contributed by atoms with van der Waals surface area (Å²) < 4.78 is 0. The van der Waals surface area contributed by atoms with Gasteiger partial charge >= 0.3 is 0 Å². The van der Waals surface area contributed by atoms with E-state index < -0.39 is 0 Å². The molecule has 0 radical (unpaired) electrons. The van der Waals surface area contributed by atoms with Gasteiger partial charge in [-0.15, -0.1) is 11.3 Å². The first-order valence-corrected chi connectivity index (χ1v) is 9.92. The molecule has 3 fully saturated rings. The highest BCUT2D eigenvalue weighted by Gasteiger charge is 2.33. The van der Waals surface area contributed by atoms with E-state index in [-0.39, 0.29) is 17.9 Å². The smallest absolute Gasteiger partial charge is 0.264 e. The topological polar surface area (TPSA) is 52.7 Å². The summed E-state index contributed by atoms with van der Waals surface area (Å²) in [6.07, 6.45) is 4.67. The maximum absolute atomic E-state index is 12.8. The van der Waals surface area contributed by atoms with Crippen LogP contribution >= 0.6 is 11.3 Å². The van der Waals surface area contributed by atoms with Crippen LogP contribution in [-0.2, 0) is 4.79 Å². The van der Waals surface area contributed by atoms with Crippen molar-refractivity contribution in [3.63, 3.8) is 0 Å². The number of hydrogen-bond donors (Lipinski definition) is 1. The largest absolute Gasteiger partial charge is 0.352 e. The van der Waals surface area contributed by atoms with Crippen LogP contribution in [0, 0.1) is 0 Å². The SMILES string of the molecule is C[C@@H](C(=O)NC1CC1)N1CCN(C(=O)c2sccc2C2CC2)CC1. The molecule has 2 aliphatic carbocycles. The van der Waals surface area contributed by atoms with Crippen molar-refractivity contribution in [3.8, 4) is 0 Å². The Balaban J connectivity index is 1.32. The average molecular weight is 347 g/mol. The third-order valence-corrected chi connectivity index (χ3v) is 6.28. The lowest BCUT2D eigenvalue weighted by atomic mass is 10.1. The minimum atomic E-state index is -0.105. The molecule has 0 bridgehead atoms. The highest BCUT2D eigenvalue weighted by molar-refractivity contribution is 7.12. The molecule has 2 heterocycles. The van der Waals surface area contributed by atoms with Gasteiger partial charge in [-0.1, -0.05) is 0 Å². The fourth-order valence-corrected chi connectivity index (χ4v) is 4.33. The Morgan fingerprint density at radius 3 is 2.50 bits per heavy atom. The molecule has 1 aromatic rings. The van der Waals surface area contributed by atoms with E-state index in [9.17, 15) is 9.59 Å². The summed E-state index contributed by atoms with van der Waals surface area (Å²) in [4.78, 5) is 30.1. The highest BCUT2D eigenvalue weighted by atomic mass is 32.1. The number of piperazine rings is 1. The molecular formula is C18H25N3O2S. The predicted molar refractivity (Wildman–Crippen MR) is 94.4 cm³/mol. The molecule has 0 aromatic carbocycles. The molecule has 1 atom stereocenters. The zero-order chi connectivity index (χ0) is 16.7. The Morgan fingerprint density at radius 1 is 1.17 bits per heavy atom. The number of carbonyl (C=O) groups is 2. The van der Waals surface area contributed by atoms with Gasteiger partial charge in [-0.2, -0.15) is 0 Å². The predicted octanol–water partition coefficient (Wildman–Crippen LogP) is 2.05. The molecule has 130 valence electrons. The van der Waals surface area contributed by atoms with Gasteiger partial charge in [0.1, 0.15) is 0 Å². The third-order valence-electron chi connectivity index (χ3n) is 5.36. The minimum absolute atomic E-state index is 0.105. The van der Waals surface area contributed by atoms with Crippen molar-refractivity contribution in [2.75, 3.05) is 26.2 Å². The molecule has 3 aliphatic rings. The summed E-state index contributed by atoms with van der Waals surface area (Å²) in [7, 11) is 0. The van der Waals surface area contributed by atoms with Crippen LogP contribution in [0.15, 0.2) is 11.4 Å². The number of carbonyl (C=O) groups excluding carboxylic acids is 2. The highest BCUT2D eigenvalue weighted by Crippen LogP contribution is 2.43. The van der Waals surface area contributed by atoms with Crippen LogP contribution in [0.5, 0.6) is 0 Å². The third kappa shape index (κ3) is 3.35. The van der Waals surface area contributed by atoms with E-state index in [1.165, 1.54) is 18.4 Å². The molecule has 6 heteroatoms. The number of nitrogens with zero attached hydrogens (tertiary/aromatic N) is 2. The van der Waals surface area contributed by atoms with Crippen molar-refractivity contribution >= 4 is 23.2 Å². The quantitative estimate of drug-likeness (QED) is 0.887. The molecule has 1 aliphatic heterocycles. The van der Waals surface area contributed by atoms with Gasteiger partial charge in [0, 0.05) is 32.2 Å². The molecule has 0 spiro atoms. The van der Waals surface area contributed by atoms with Gasteiger partial charge in [0.2, 0.25) is 5.91 Å². The molecule has 1 N–H and O–H groups in total. The van der Waals surface area contributed by atoms with E-state index in [1.54, 1.807) is 11.3 Å². The van der Waals surface area contributed by atoms with Crippen LogP contribution in [0.4, 0.5) is 0 Å². The second-order valence-corrected chi connectivity index (χ2v) is 8.18. The Kier molecular flexibility index (Phi) is 4.35. The van der Waals surface area contributed by atoms with Gasteiger partial charge < -0.3 is 10.2 Å². The second kappa shape index (κ2) is 6.48. The molecule has 24 heavy (non-hydrogen) atoms. The number of rotatable bonds is 5.